The fourth-order valence-electron chi connectivity index (χ4n) is 3.60. The summed E-state index contributed by atoms with van der Waals surface area (Å²) in [6.07, 6.45) is 4.14. The summed E-state index contributed by atoms with van der Waals surface area (Å²) in [5.74, 6) is 0.695. The van der Waals surface area contributed by atoms with Gasteiger partial charge in [0.2, 0.25) is 17.7 Å². The summed E-state index contributed by atoms with van der Waals surface area (Å²) in [6, 6.07) is 3.33. The van der Waals surface area contributed by atoms with Gasteiger partial charge in [0.25, 0.3) is 5.91 Å². The fraction of sp³-hybridized carbons (Fsp3) is 0.579. The van der Waals surface area contributed by atoms with Crippen molar-refractivity contribution in [2.45, 2.75) is 25.3 Å². The van der Waals surface area contributed by atoms with Crippen LogP contribution in [0.2, 0.25) is 0 Å². The molecule has 1 unspecified atom stereocenters. The van der Waals surface area contributed by atoms with Gasteiger partial charge in [-0.25, -0.2) is 4.98 Å². The summed E-state index contributed by atoms with van der Waals surface area (Å²) in [5, 5.41) is 2.96. The summed E-state index contributed by atoms with van der Waals surface area (Å²) in [7, 11) is 1.52. The van der Waals surface area contributed by atoms with Gasteiger partial charge in [0.05, 0.1) is 24.6 Å². The van der Waals surface area contributed by atoms with Crippen molar-refractivity contribution in [2.24, 2.45) is 11.8 Å². The van der Waals surface area contributed by atoms with Crippen LogP contribution in [0.4, 0.5) is 0 Å². The Morgan fingerprint density at radius 1 is 1.26 bits per heavy atom. The molecular weight excluding hydrogens is 348 g/mol. The second kappa shape index (κ2) is 7.17. The average molecular weight is 372 g/mol. The van der Waals surface area contributed by atoms with Crippen LogP contribution in [0.15, 0.2) is 18.3 Å². The molecular formula is C19H24N4O4. The van der Waals surface area contributed by atoms with Crippen LogP contribution in [0.25, 0.3) is 0 Å². The SMILES string of the molecule is COc1ccc(C(=O)N2CC(N3CC(C(=O)NCC4CC4)CC3=O)C2)cn1. The van der Waals surface area contributed by atoms with E-state index in [0.29, 0.717) is 37.0 Å². The quantitative estimate of drug-likeness (QED) is 0.775. The van der Waals surface area contributed by atoms with Crippen LogP contribution in [0, 0.1) is 11.8 Å². The number of rotatable bonds is 6. The molecule has 2 aliphatic heterocycles. The normalized spacial score (nSPS) is 22.6. The van der Waals surface area contributed by atoms with E-state index >= 15 is 0 Å². The third kappa shape index (κ3) is 3.74. The van der Waals surface area contributed by atoms with E-state index in [0.717, 1.165) is 6.54 Å². The number of nitrogens with one attached hydrogen (secondary N) is 1. The second-order valence-corrected chi connectivity index (χ2v) is 7.59. The highest BCUT2D eigenvalue weighted by molar-refractivity contribution is 5.95. The maximum absolute atomic E-state index is 12.5. The highest BCUT2D eigenvalue weighted by Crippen LogP contribution is 2.29. The first kappa shape index (κ1) is 17.8. The Hall–Kier alpha value is -2.64. The monoisotopic (exact) mass is 372 g/mol. The standard InChI is InChI=1S/C19H24N4O4/c1-27-16-5-4-13(8-20-16)19(26)22-10-15(11-22)23-9-14(6-17(23)24)18(25)21-7-12-2-3-12/h4-5,8,12,14-15H,2-3,6-7,9-11H2,1H3,(H,21,25). The Morgan fingerprint density at radius 3 is 2.67 bits per heavy atom. The molecule has 27 heavy (non-hydrogen) atoms. The molecule has 1 aromatic rings. The van der Waals surface area contributed by atoms with Crippen LogP contribution in [0.5, 0.6) is 5.88 Å². The van der Waals surface area contributed by atoms with Crippen LogP contribution in [0.3, 0.4) is 0 Å². The van der Waals surface area contributed by atoms with Gasteiger partial charge < -0.3 is 19.9 Å². The number of ether oxygens (including phenoxy) is 1. The predicted molar refractivity (Wildman–Crippen MR) is 96.0 cm³/mol. The van der Waals surface area contributed by atoms with Crippen LogP contribution in [-0.4, -0.2) is 71.8 Å². The molecule has 3 amide bonds. The molecule has 0 aromatic carbocycles. The zero-order valence-electron chi connectivity index (χ0n) is 15.4. The van der Waals surface area contributed by atoms with Crippen LogP contribution in [-0.2, 0) is 9.59 Å². The average Bonchev–Trinajstić information content (AvgIpc) is 3.40. The van der Waals surface area contributed by atoms with Gasteiger partial charge in [-0.05, 0) is 24.8 Å². The predicted octanol–water partition coefficient (Wildman–Crippen LogP) is 0.289. The van der Waals surface area contributed by atoms with Crippen molar-refractivity contribution in [3.05, 3.63) is 23.9 Å². The number of carbonyl (C=O) groups is 3. The molecule has 144 valence electrons. The Bertz CT molecular complexity index is 741. The maximum Gasteiger partial charge on any atom is 0.255 e. The molecule has 2 saturated heterocycles. The number of pyridine rings is 1. The van der Waals surface area contributed by atoms with E-state index in [1.54, 1.807) is 21.9 Å². The van der Waals surface area contributed by atoms with Gasteiger partial charge in [-0.1, -0.05) is 0 Å². The summed E-state index contributed by atoms with van der Waals surface area (Å²) in [6.45, 7) is 2.16. The van der Waals surface area contributed by atoms with Gasteiger partial charge in [-0.2, -0.15) is 0 Å². The minimum atomic E-state index is -0.271. The first-order chi connectivity index (χ1) is 13.0. The summed E-state index contributed by atoms with van der Waals surface area (Å²) < 4.78 is 5.00. The lowest BCUT2D eigenvalue weighted by Gasteiger charge is -2.44. The van der Waals surface area contributed by atoms with E-state index in [1.165, 1.54) is 26.1 Å². The topological polar surface area (TPSA) is 91.8 Å². The third-order valence-corrected chi connectivity index (χ3v) is 5.57. The lowest BCUT2D eigenvalue weighted by Crippen LogP contribution is -2.61. The van der Waals surface area contributed by atoms with Gasteiger partial charge in [0.15, 0.2) is 0 Å². The molecule has 1 atom stereocenters. The van der Waals surface area contributed by atoms with Crippen LogP contribution >= 0.6 is 0 Å². The van der Waals surface area contributed by atoms with Gasteiger partial charge in [0, 0.05) is 44.9 Å². The van der Waals surface area contributed by atoms with Gasteiger partial charge in [-0.15, -0.1) is 0 Å². The Balaban J connectivity index is 1.27. The number of hydrogen-bond donors (Lipinski definition) is 1. The van der Waals surface area contributed by atoms with E-state index < -0.39 is 0 Å². The van der Waals surface area contributed by atoms with E-state index in [4.69, 9.17) is 4.74 Å². The molecule has 1 aromatic heterocycles. The summed E-state index contributed by atoms with van der Waals surface area (Å²) in [4.78, 5) is 44.5. The van der Waals surface area contributed by atoms with Crippen LogP contribution in [0.1, 0.15) is 29.6 Å². The number of amides is 3. The van der Waals surface area contributed by atoms with E-state index in [-0.39, 0.29) is 36.1 Å². The molecule has 0 radical (unpaired) electrons. The minimum Gasteiger partial charge on any atom is -0.481 e. The molecule has 4 rings (SSSR count). The largest absolute Gasteiger partial charge is 0.481 e. The molecule has 3 aliphatic rings. The van der Waals surface area contributed by atoms with E-state index in [1.807, 2.05) is 0 Å². The zero-order valence-corrected chi connectivity index (χ0v) is 15.4. The highest BCUT2D eigenvalue weighted by atomic mass is 16.5. The number of aromatic nitrogens is 1. The summed E-state index contributed by atoms with van der Waals surface area (Å²) >= 11 is 0. The zero-order chi connectivity index (χ0) is 19.0. The molecule has 1 saturated carbocycles. The number of nitrogens with zero attached hydrogens (tertiary/aromatic N) is 3. The van der Waals surface area contributed by atoms with E-state index in [9.17, 15) is 14.4 Å². The summed E-state index contributed by atoms with van der Waals surface area (Å²) in [5.41, 5.74) is 0.499. The lowest BCUT2D eigenvalue weighted by atomic mass is 10.1. The van der Waals surface area contributed by atoms with Crippen molar-refractivity contribution in [3.63, 3.8) is 0 Å². The molecule has 0 bridgehead atoms. The Labute approximate surface area is 157 Å². The molecule has 1 aliphatic carbocycles. The lowest BCUT2D eigenvalue weighted by molar-refractivity contribution is -0.132. The van der Waals surface area contributed by atoms with Gasteiger partial charge in [-0.3, -0.25) is 14.4 Å². The molecule has 1 N–H and O–H groups in total. The third-order valence-electron chi connectivity index (χ3n) is 5.57. The highest BCUT2D eigenvalue weighted by Gasteiger charge is 2.43. The first-order valence-corrected chi connectivity index (χ1v) is 9.41. The van der Waals surface area contributed by atoms with Gasteiger partial charge in [0.1, 0.15) is 0 Å². The number of methoxy groups -OCH3 is 1. The molecule has 8 heteroatoms. The minimum absolute atomic E-state index is 0.00443. The van der Waals surface area contributed by atoms with Gasteiger partial charge >= 0.3 is 0 Å². The number of likely N-dealkylation sites (tertiary alicyclic amines) is 2. The number of carbonyl (C=O) groups excluding carboxylic acids is 3. The Kier molecular flexibility index (Phi) is 4.72. The molecule has 8 nitrogen and oxygen atoms in total. The first-order valence-electron chi connectivity index (χ1n) is 9.41. The van der Waals surface area contributed by atoms with Crippen molar-refractivity contribution < 1.29 is 19.1 Å². The Morgan fingerprint density at radius 2 is 2.04 bits per heavy atom. The van der Waals surface area contributed by atoms with Crippen molar-refractivity contribution in [2.75, 3.05) is 33.3 Å². The smallest absolute Gasteiger partial charge is 0.255 e. The molecule has 3 fully saturated rings. The van der Waals surface area contributed by atoms with Crippen molar-refractivity contribution in [1.29, 1.82) is 0 Å². The maximum atomic E-state index is 12.5. The van der Waals surface area contributed by atoms with Crippen LogP contribution < -0.4 is 10.1 Å². The number of hydrogen-bond acceptors (Lipinski definition) is 5. The van der Waals surface area contributed by atoms with Crippen molar-refractivity contribution >= 4 is 17.7 Å². The van der Waals surface area contributed by atoms with Crippen molar-refractivity contribution in [3.8, 4) is 5.88 Å². The fourth-order valence-corrected chi connectivity index (χ4v) is 3.60. The van der Waals surface area contributed by atoms with E-state index in [2.05, 4.69) is 10.3 Å². The second-order valence-electron chi connectivity index (χ2n) is 7.59. The molecule has 0 spiro atoms. The molecule has 3 heterocycles. The van der Waals surface area contributed by atoms with Crippen molar-refractivity contribution in [1.82, 2.24) is 20.1 Å².